The third-order valence-electron chi connectivity index (χ3n) is 1.62. The van der Waals surface area contributed by atoms with Crippen LogP contribution in [-0.4, -0.2) is 25.8 Å². The van der Waals surface area contributed by atoms with Crippen LogP contribution in [0.1, 0.15) is 13.3 Å². The lowest BCUT2D eigenvalue weighted by Gasteiger charge is -1.97. The van der Waals surface area contributed by atoms with Crippen LogP contribution >= 0.6 is 0 Å². The van der Waals surface area contributed by atoms with E-state index in [1.165, 1.54) is 7.11 Å². The Balaban J connectivity index is 2.18. The molecule has 1 aliphatic rings. The molecule has 0 saturated heterocycles. The van der Waals surface area contributed by atoms with Crippen LogP contribution in [0, 0.1) is 5.92 Å². The monoisotopic (exact) mass is 144 g/mol. The summed E-state index contributed by atoms with van der Waals surface area (Å²) in [5.74, 6) is -0.122. The van der Waals surface area contributed by atoms with E-state index in [-0.39, 0.29) is 18.0 Å². The normalized spacial score (nSPS) is 29.8. The zero-order chi connectivity index (χ0) is 7.56. The van der Waals surface area contributed by atoms with Gasteiger partial charge in [-0.25, -0.2) is 0 Å². The van der Waals surface area contributed by atoms with E-state index in [2.05, 4.69) is 4.74 Å². The molecule has 3 nitrogen and oxygen atoms in total. The molecule has 2 unspecified atom stereocenters. The minimum absolute atomic E-state index is 0.0185. The molecule has 58 valence electrons. The molecule has 10 heavy (non-hydrogen) atoms. The Labute approximate surface area is 60.3 Å². The lowest BCUT2D eigenvalue weighted by atomic mass is 10.4. The van der Waals surface area contributed by atoms with E-state index >= 15 is 0 Å². The number of carbonyl (C=O) groups is 1. The quantitative estimate of drug-likeness (QED) is 0.544. The molecule has 0 heterocycles. The average Bonchev–Trinajstić information content (AvgIpc) is 2.67. The molecular formula is C7H12O3. The first-order valence-electron chi connectivity index (χ1n) is 3.49. The summed E-state index contributed by atoms with van der Waals surface area (Å²) in [6.07, 6.45) is 0.970. The van der Waals surface area contributed by atoms with Crippen LogP contribution in [-0.2, 0) is 14.3 Å². The van der Waals surface area contributed by atoms with Crippen LogP contribution in [0.25, 0.3) is 0 Å². The van der Waals surface area contributed by atoms with Crippen LogP contribution < -0.4 is 0 Å². The molecule has 0 radical (unpaired) electrons. The molecule has 0 aromatic carbocycles. The third-order valence-corrected chi connectivity index (χ3v) is 1.62. The van der Waals surface area contributed by atoms with Crippen molar-refractivity contribution in [3.8, 4) is 0 Å². The standard InChI is InChI=1S/C7H12O3/c1-3-10-6-4-5(6)7(8)9-2/h5-6H,3-4H2,1-2H3. The fourth-order valence-electron chi connectivity index (χ4n) is 0.969. The van der Waals surface area contributed by atoms with E-state index in [0.29, 0.717) is 6.61 Å². The first kappa shape index (κ1) is 7.54. The zero-order valence-corrected chi connectivity index (χ0v) is 6.29. The van der Waals surface area contributed by atoms with Gasteiger partial charge in [0.2, 0.25) is 0 Å². The molecule has 1 aliphatic carbocycles. The largest absolute Gasteiger partial charge is 0.469 e. The summed E-state index contributed by atoms with van der Waals surface area (Å²) in [7, 11) is 1.41. The van der Waals surface area contributed by atoms with Crippen LogP contribution in [0.2, 0.25) is 0 Å². The second-order valence-electron chi connectivity index (χ2n) is 2.36. The lowest BCUT2D eigenvalue weighted by Crippen LogP contribution is -2.08. The molecule has 0 spiro atoms. The van der Waals surface area contributed by atoms with Crippen molar-refractivity contribution >= 4 is 5.97 Å². The molecule has 3 heteroatoms. The Morgan fingerprint density at radius 2 is 2.40 bits per heavy atom. The summed E-state index contributed by atoms with van der Waals surface area (Å²) in [5, 5.41) is 0. The van der Waals surface area contributed by atoms with E-state index in [4.69, 9.17) is 4.74 Å². The molecule has 0 bridgehead atoms. The fourth-order valence-corrected chi connectivity index (χ4v) is 0.969. The van der Waals surface area contributed by atoms with Gasteiger partial charge in [0.25, 0.3) is 0 Å². The topological polar surface area (TPSA) is 35.5 Å². The fraction of sp³-hybridized carbons (Fsp3) is 0.857. The highest BCUT2D eigenvalue weighted by atomic mass is 16.5. The van der Waals surface area contributed by atoms with E-state index < -0.39 is 0 Å². The van der Waals surface area contributed by atoms with Gasteiger partial charge in [-0.1, -0.05) is 0 Å². The smallest absolute Gasteiger partial charge is 0.311 e. The van der Waals surface area contributed by atoms with Crippen LogP contribution in [0.15, 0.2) is 0 Å². The van der Waals surface area contributed by atoms with Gasteiger partial charge in [0.15, 0.2) is 0 Å². The van der Waals surface area contributed by atoms with Gasteiger partial charge >= 0.3 is 5.97 Å². The second kappa shape index (κ2) is 3.01. The maximum atomic E-state index is 10.8. The molecule has 0 aromatic rings. The van der Waals surface area contributed by atoms with Gasteiger partial charge in [-0.2, -0.15) is 0 Å². The molecule has 1 saturated carbocycles. The number of rotatable bonds is 3. The van der Waals surface area contributed by atoms with Crippen molar-refractivity contribution in [2.45, 2.75) is 19.4 Å². The maximum absolute atomic E-state index is 10.8. The summed E-state index contributed by atoms with van der Waals surface area (Å²) in [5.41, 5.74) is 0. The van der Waals surface area contributed by atoms with Gasteiger partial charge in [0.05, 0.1) is 19.1 Å². The Hall–Kier alpha value is -0.570. The van der Waals surface area contributed by atoms with Gasteiger partial charge < -0.3 is 9.47 Å². The van der Waals surface area contributed by atoms with Crippen molar-refractivity contribution in [2.24, 2.45) is 5.92 Å². The summed E-state index contributed by atoms with van der Waals surface area (Å²) in [6, 6.07) is 0. The van der Waals surface area contributed by atoms with Crippen molar-refractivity contribution in [3.63, 3.8) is 0 Å². The van der Waals surface area contributed by atoms with Crippen molar-refractivity contribution in [1.29, 1.82) is 0 Å². The first-order chi connectivity index (χ1) is 4.79. The number of hydrogen-bond acceptors (Lipinski definition) is 3. The third kappa shape index (κ3) is 1.48. The number of methoxy groups -OCH3 is 1. The Morgan fingerprint density at radius 1 is 1.70 bits per heavy atom. The molecule has 0 N–H and O–H groups in total. The van der Waals surface area contributed by atoms with Crippen molar-refractivity contribution in [1.82, 2.24) is 0 Å². The molecule has 0 amide bonds. The Morgan fingerprint density at radius 3 is 2.90 bits per heavy atom. The molecule has 2 atom stereocenters. The van der Waals surface area contributed by atoms with Crippen molar-refractivity contribution < 1.29 is 14.3 Å². The number of carbonyl (C=O) groups excluding carboxylic acids is 1. The predicted octanol–water partition coefficient (Wildman–Crippen LogP) is 0.584. The van der Waals surface area contributed by atoms with Crippen LogP contribution in [0.4, 0.5) is 0 Å². The molecule has 1 fully saturated rings. The van der Waals surface area contributed by atoms with Crippen molar-refractivity contribution in [3.05, 3.63) is 0 Å². The van der Waals surface area contributed by atoms with E-state index in [1.54, 1.807) is 0 Å². The summed E-state index contributed by atoms with van der Waals surface area (Å²) in [4.78, 5) is 10.8. The Bertz CT molecular complexity index is 133. The average molecular weight is 144 g/mol. The summed E-state index contributed by atoms with van der Waals surface area (Å²) < 4.78 is 9.72. The zero-order valence-electron chi connectivity index (χ0n) is 6.29. The highest BCUT2D eigenvalue weighted by Gasteiger charge is 2.44. The van der Waals surface area contributed by atoms with Crippen LogP contribution in [0.5, 0.6) is 0 Å². The summed E-state index contributed by atoms with van der Waals surface area (Å²) >= 11 is 0. The van der Waals surface area contributed by atoms with Gasteiger partial charge in [0, 0.05) is 6.61 Å². The highest BCUT2D eigenvalue weighted by Crippen LogP contribution is 2.34. The molecule has 1 rings (SSSR count). The predicted molar refractivity (Wildman–Crippen MR) is 35.5 cm³/mol. The van der Waals surface area contributed by atoms with E-state index in [0.717, 1.165) is 6.42 Å². The minimum atomic E-state index is -0.140. The van der Waals surface area contributed by atoms with Gasteiger partial charge in [-0.3, -0.25) is 4.79 Å². The number of ether oxygens (including phenoxy) is 2. The van der Waals surface area contributed by atoms with E-state index in [1.807, 2.05) is 6.92 Å². The molecular weight excluding hydrogens is 132 g/mol. The molecule has 0 aromatic heterocycles. The molecule has 0 aliphatic heterocycles. The highest BCUT2D eigenvalue weighted by molar-refractivity contribution is 5.76. The van der Waals surface area contributed by atoms with Crippen LogP contribution in [0.3, 0.4) is 0 Å². The first-order valence-corrected chi connectivity index (χ1v) is 3.49. The SMILES string of the molecule is CCOC1CC1C(=O)OC. The van der Waals surface area contributed by atoms with Crippen molar-refractivity contribution in [2.75, 3.05) is 13.7 Å². The minimum Gasteiger partial charge on any atom is -0.469 e. The van der Waals surface area contributed by atoms with E-state index in [9.17, 15) is 4.79 Å². The van der Waals surface area contributed by atoms with Gasteiger partial charge in [0.1, 0.15) is 0 Å². The van der Waals surface area contributed by atoms with Gasteiger partial charge in [-0.15, -0.1) is 0 Å². The lowest BCUT2D eigenvalue weighted by molar-refractivity contribution is -0.143. The Kier molecular flexibility index (Phi) is 2.27. The maximum Gasteiger partial charge on any atom is 0.311 e. The second-order valence-corrected chi connectivity index (χ2v) is 2.36. The summed E-state index contributed by atoms with van der Waals surface area (Å²) in [6.45, 7) is 2.60. The number of esters is 1. The number of hydrogen-bond donors (Lipinski definition) is 0. The van der Waals surface area contributed by atoms with Gasteiger partial charge in [-0.05, 0) is 13.3 Å².